The van der Waals surface area contributed by atoms with Gasteiger partial charge in [0.15, 0.2) is 0 Å². The number of ether oxygens (including phenoxy) is 3. The third-order valence-electron chi connectivity index (χ3n) is 5.60. The average molecular weight is 502 g/mol. The van der Waals surface area contributed by atoms with Gasteiger partial charge in [0, 0.05) is 30.2 Å². The number of esters is 1. The molecule has 9 heteroatoms. The van der Waals surface area contributed by atoms with Crippen LogP contribution in [-0.4, -0.2) is 48.5 Å². The van der Waals surface area contributed by atoms with Gasteiger partial charge in [-0.05, 0) is 63.4 Å². The first-order valence-electron chi connectivity index (χ1n) is 11.7. The number of hydrogen-bond acceptors (Lipinski definition) is 6. The van der Waals surface area contributed by atoms with E-state index in [9.17, 15) is 9.59 Å². The molecular formula is C26H32ClN3O5. The van der Waals surface area contributed by atoms with Gasteiger partial charge in [-0.15, -0.1) is 0 Å². The number of halogens is 1. The number of anilines is 1. The maximum absolute atomic E-state index is 12.0. The molecule has 0 aliphatic heterocycles. The summed E-state index contributed by atoms with van der Waals surface area (Å²) in [5.74, 6) is 1.36. The minimum atomic E-state index is -0.432. The fraction of sp³-hybridized carbons (Fsp3) is 0.423. The number of carbonyl (C=O) groups is 2. The van der Waals surface area contributed by atoms with Crippen molar-refractivity contribution in [3.63, 3.8) is 0 Å². The van der Waals surface area contributed by atoms with Crippen molar-refractivity contribution in [1.82, 2.24) is 9.55 Å². The maximum Gasteiger partial charge on any atom is 0.413 e. The van der Waals surface area contributed by atoms with Crippen molar-refractivity contribution >= 4 is 40.4 Å². The quantitative estimate of drug-likeness (QED) is 0.263. The molecule has 35 heavy (non-hydrogen) atoms. The van der Waals surface area contributed by atoms with E-state index in [2.05, 4.69) is 4.57 Å². The normalized spacial score (nSPS) is 10.9. The zero-order chi connectivity index (χ0) is 25.5. The van der Waals surface area contributed by atoms with Gasteiger partial charge in [0.05, 0.1) is 37.4 Å². The van der Waals surface area contributed by atoms with E-state index >= 15 is 0 Å². The van der Waals surface area contributed by atoms with Crippen LogP contribution in [0.2, 0.25) is 5.02 Å². The Morgan fingerprint density at radius 2 is 1.83 bits per heavy atom. The summed E-state index contributed by atoms with van der Waals surface area (Å²) < 4.78 is 18.0. The largest absolute Gasteiger partial charge is 0.493 e. The van der Waals surface area contributed by atoms with Crippen LogP contribution in [0, 0.1) is 13.8 Å². The zero-order valence-corrected chi connectivity index (χ0v) is 21.6. The van der Waals surface area contributed by atoms with Crippen LogP contribution in [0.5, 0.6) is 5.75 Å². The van der Waals surface area contributed by atoms with Crippen molar-refractivity contribution in [3.8, 4) is 5.75 Å². The van der Waals surface area contributed by atoms with E-state index in [1.807, 2.05) is 38.1 Å². The highest BCUT2D eigenvalue weighted by Gasteiger charge is 2.16. The van der Waals surface area contributed by atoms with Gasteiger partial charge in [0.1, 0.15) is 11.6 Å². The molecule has 0 radical (unpaired) electrons. The van der Waals surface area contributed by atoms with Crippen LogP contribution in [0.3, 0.4) is 0 Å². The van der Waals surface area contributed by atoms with E-state index in [1.54, 1.807) is 27.0 Å². The molecule has 8 nitrogen and oxygen atoms in total. The summed E-state index contributed by atoms with van der Waals surface area (Å²) in [6, 6.07) is 9.42. The van der Waals surface area contributed by atoms with E-state index in [0.29, 0.717) is 49.9 Å². The number of aryl methyl sites for hydroxylation is 2. The van der Waals surface area contributed by atoms with E-state index in [-0.39, 0.29) is 5.97 Å². The van der Waals surface area contributed by atoms with Crippen molar-refractivity contribution < 1.29 is 23.8 Å². The lowest BCUT2D eigenvalue weighted by atomic mass is 10.1. The summed E-state index contributed by atoms with van der Waals surface area (Å²) in [5.41, 5.74) is 4.39. The molecule has 1 amide bonds. The summed E-state index contributed by atoms with van der Waals surface area (Å²) in [6.45, 7) is 9.12. The lowest BCUT2D eigenvalue weighted by molar-refractivity contribution is -0.143. The lowest BCUT2D eigenvalue weighted by Crippen LogP contribution is -2.27. The van der Waals surface area contributed by atoms with E-state index in [0.717, 1.165) is 33.7 Å². The van der Waals surface area contributed by atoms with Crippen LogP contribution < -0.4 is 9.64 Å². The molecule has 1 heterocycles. The number of carbonyl (C=O) groups excluding carboxylic acids is 2. The number of amides is 1. The molecule has 1 aromatic heterocycles. The summed E-state index contributed by atoms with van der Waals surface area (Å²) in [5, 5.41) is 0.544. The van der Waals surface area contributed by atoms with Gasteiger partial charge in [-0.1, -0.05) is 17.7 Å². The SMILES string of the molecule is CCOC(=O)CCCOc1cc(C)c2nc(C)n(Cc3ccc(N(C)C(=O)OCC)cc3Cl)c2c1. The molecule has 0 saturated carbocycles. The second-order valence-corrected chi connectivity index (χ2v) is 8.55. The second kappa shape index (κ2) is 11.9. The fourth-order valence-corrected chi connectivity index (χ4v) is 4.00. The second-order valence-electron chi connectivity index (χ2n) is 8.14. The highest BCUT2D eigenvalue weighted by Crippen LogP contribution is 2.29. The topological polar surface area (TPSA) is 82.9 Å². The highest BCUT2D eigenvalue weighted by molar-refractivity contribution is 6.31. The molecule has 0 fully saturated rings. The van der Waals surface area contributed by atoms with Crippen molar-refractivity contribution in [1.29, 1.82) is 0 Å². The monoisotopic (exact) mass is 501 g/mol. The molecule has 188 valence electrons. The smallest absolute Gasteiger partial charge is 0.413 e. The Balaban J connectivity index is 1.79. The molecule has 3 rings (SSSR count). The summed E-state index contributed by atoms with van der Waals surface area (Å²) in [4.78, 5) is 29.7. The van der Waals surface area contributed by atoms with Crippen LogP contribution in [0.25, 0.3) is 11.0 Å². The Morgan fingerprint density at radius 1 is 1.09 bits per heavy atom. The molecule has 0 N–H and O–H groups in total. The van der Waals surface area contributed by atoms with Gasteiger partial charge >= 0.3 is 12.1 Å². The molecule has 0 aliphatic rings. The molecule has 0 atom stereocenters. The predicted octanol–water partition coefficient (Wildman–Crippen LogP) is 5.67. The average Bonchev–Trinajstić information content (AvgIpc) is 3.13. The third-order valence-corrected chi connectivity index (χ3v) is 5.95. The van der Waals surface area contributed by atoms with Crippen LogP contribution in [0.1, 0.15) is 43.6 Å². The summed E-state index contributed by atoms with van der Waals surface area (Å²) in [7, 11) is 1.65. The van der Waals surface area contributed by atoms with Crippen LogP contribution in [0.15, 0.2) is 30.3 Å². The number of benzene rings is 2. The standard InChI is InChI=1S/C26H32ClN3O5/c1-6-33-24(31)9-8-12-35-21-13-17(3)25-23(15-21)30(18(4)28-25)16-19-10-11-20(14-22(19)27)29(5)26(32)34-7-2/h10-11,13-15H,6-9,12,16H2,1-5H3. The van der Waals surface area contributed by atoms with Gasteiger partial charge in [0.25, 0.3) is 0 Å². The Hall–Kier alpha value is -3.26. The lowest BCUT2D eigenvalue weighted by Gasteiger charge is -2.18. The van der Waals surface area contributed by atoms with Crippen molar-refractivity contribution in [2.75, 3.05) is 31.8 Å². The van der Waals surface area contributed by atoms with Gasteiger partial charge in [-0.3, -0.25) is 9.69 Å². The minimum Gasteiger partial charge on any atom is -0.493 e. The van der Waals surface area contributed by atoms with Crippen molar-refractivity contribution in [2.24, 2.45) is 0 Å². The number of rotatable bonds is 10. The maximum atomic E-state index is 12.0. The summed E-state index contributed by atoms with van der Waals surface area (Å²) >= 11 is 6.60. The first-order valence-corrected chi connectivity index (χ1v) is 12.1. The Morgan fingerprint density at radius 3 is 2.51 bits per heavy atom. The number of nitrogens with zero attached hydrogens (tertiary/aromatic N) is 3. The van der Waals surface area contributed by atoms with Crippen molar-refractivity contribution in [3.05, 3.63) is 52.3 Å². The molecule has 3 aromatic rings. The molecule has 0 saturated heterocycles. The number of imidazole rings is 1. The van der Waals surface area contributed by atoms with Gasteiger partial charge in [-0.2, -0.15) is 0 Å². The number of hydrogen-bond donors (Lipinski definition) is 0. The number of aromatic nitrogens is 2. The predicted molar refractivity (Wildman–Crippen MR) is 137 cm³/mol. The fourth-order valence-electron chi connectivity index (χ4n) is 3.77. The van der Waals surface area contributed by atoms with E-state index in [4.69, 9.17) is 30.8 Å². The van der Waals surface area contributed by atoms with Gasteiger partial charge in [0.2, 0.25) is 0 Å². The van der Waals surface area contributed by atoms with Crippen molar-refractivity contribution in [2.45, 2.75) is 47.1 Å². The van der Waals surface area contributed by atoms with Crippen LogP contribution >= 0.6 is 11.6 Å². The van der Waals surface area contributed by atoms with E-state index in [1.165, 1.54) is 4.90 Å². The molecule has 0 spiro atoms. The molecule has 0 bridgehead atoms. The first kappa shape index (κ1) is 26.3. The highest BCUT2D eigenvalue weighted by atomic mass is 35.5. The van der Waals surface area contributed by atoms with Gasteiger partial charge < -0.3 is 18.8 Å². The van der Waals surface area contributed by atoms with E-state index < -0.39 is 6.09 Å². The summed E-state index contributed by atoms with van der Waals surface area (Å²) in [6.07, 6.45) is 0.473. The van der Waals surface area contributed by atoms with Crippen LogP contribution in [0.4, 0.5) is 10.5 Å². The Kier molecular flexibility index (Phi) is 8.98. The minimum absolute atomic E-state index is 0.215. The Labute approximate surface area is 210 Å². The first-order chi connectivity index (χ1) is 16.7. The Bertz CT molecular complexity index is 1210. The van der Waals surface area contributed by atoms with Gasteiger partial charge in [-0.25, -0.2) is 9.78 Å². The zero-order valence-electron chi connectivity index (χ0n) is 20.9. The molecular weight excluding hydrogens is 470 g/mol. The number of fused-ring (bicyclic) bond motifs is 1. The molecule has 2 aromatic carbocycles. The molecule has 0 aliphatic carbocycles. The molecule has 0 unspecified atom stereocenters. The third kappa shape index (κ3) is 6.45. The van der Waals surface area contributed by atoms with Crippen LogP contribution in [-0.2, 0) is 20.8 Å².